The van der Waals surface area contributed by atoms with Gasteiger partial charge in [0.1, 0.15) is 0 Å². The SMILES string of the molecule is CC(NC(=O)CCCC(=O)O)c1ccc(S(C)(=O)=O)cc1. The van der Waals surface area contributed by atoms with Crippen LogP contribution in [0.4, 0.5) is 0 Å². The Balaban J connectivity index is 2.57. The van der Waals surface area contributed by atoms with Gasteiger partial charge in [-0.1, -0.05) is 12.1 Å². The molecule has 0 heterocycles. The van der Waals surface area contributed by atoms with Gasteiger partial charge in [-0.15, -0.1) is 0 Å². The van der Waals surface area contributed by atoms with Gasteiger partial charge in [0.05, 0.1) is 10.9 Å². The molecular weight excluding hydrogens is 294 g/mol. The Hall–Kier alpha value is -1.89. The number of sulfone groups is 1. The summed E-state index contributed by atoms with van der Waals surface area (Å²) >= 11 is 0. The van der Waals surface area contributed by atoms with Crippen molar-refractivity contribution in [1.29, 1.82) is 0 Å². The Morgan fingerprint density at radius 3 is 2.24 bits per heavy atom. The molecule has 2 N–H and O–H groups in total. The number of carbonyl (C=O) groups excluding carboxylic acids is 1. The Labute approximate surface area is 124 Å². The Kier molecular flexibility index (Phi) is 5.90. The van der Waals surface area contributed by atoms with E-state index in [2.05, 4.69) is 5.32 Å². The molecule has 0 aliphatic carbocycles. The predicted molar refractivity (Wildman–Crippen MR) is 77.6 cm³/mol. The lowest BCUT2D eigenvalue weighted by molar-refractivity contribution is -0.137. The van der Waals surface area contributed by atoms with E-state index in [0.29, 0.717) is 6.42 Å². The van der Waals surface area contributed by atoms with Gasteiger partial charge in [-0.25, -0.2) is 8.42 Å². The molecule has 6 nitrogen and oxygen atoms in total. The maximum atomic E-state index is 11.6. The molecular formula is C14H19NO5S. The van der Waals surface area contributed by atoms with Crippen LogP contribution >= 0.6 is 0 Å². The summed E-state index contributed by atoms with van der Waals surface area (Å²) in [6.45, 7) is 1.78. The van der Waals surface area contributed by atoms with Crippen molar-refractivity contribution in [3.05, 3.63) is 29.8 Å². The number of carboxylic acids is 1. The molecule has 0 aliphatic heterocycles. The van der Waals surface area contributed by atoms with Crippen LogP contribution in [0.2, 0.25) is 0 Å². The molecule has 0 bridgehead atoms. The highest BCUT2D eigenvalue weighted by Gasteiger charge is 2.12. The molecule has 1 amide bonds. The van der Waals surface area contributed by atoms with E-state index in [1.54, 1.807) is 19.1 Å². The van der Waals surface area contributed by atoms with Gasteiger partial charge in [0.2, 0.25) is 5.91 Å². The molecule has 0 radical (unpaired) electrons. The molecule has 1 rings (SSSR count). The smallest absolute Gasteiger partial charge is 0.303 e. The lowest BCUT2D eigenvalue weighted by Crippen LogP contribution is -2.26. The quantitative estimate of drug-likeness (QED) is 0.795. The van der Waals surface area contributed by atoms with Crippen molar-refractivity contribution in [2.24, 2.45) is 0 Å². The highest BCUT2D eigenvalue weighted by atomic mass is 32.2. The number of amides is 1. The first-order valence-electron chi connectivity index (χ1n) is 6.51. The second-order valence-electron chi connectivity index (χ2n) is 4.88. The van der Waals surface area contributed by atoms with Crippen LogP contribution < -0.4 is 5.32 Å². The highest BCUT2D eigenvalue weighted by Crippen LogP contribution is 2.16. The Morgan fingerprint density at radius 1 is 1.19 bits per heavy atom. The van der Waals surface area contributed by atoms with Gasteiger partial charge in [-0.05, 0) is 31.0 Å². The van der Waals surface area contributed by atoms with Crippen LogP contribution in [0, 0.1) is 0 Å². The second kappa shape index (κ2) is 7.21. The highest BCUT2D eigenvalue weighted by molar-refractivity contribution is 7.90. The first-order valence-corrected chi connectivity index (χ1v) is 8.40. The maximum absolute atomic E-state index is 11.6. The minimum Gasteiger partial charge on any atom is -0.481 e. The lowest BCUT2D eigenvalue weighted by Gasteiger charge is -2.14. The Morgan fingerprint density at radius 2 is 1.76 bits per heavy atom. The van der Waals surface area contributed by atoms with Gasteiger partial charge in [0.15, 0.2) is 9.84 Å². The lowest BCUT2D eigenvalue weighted by atomic mass is 10.1. The van der Waals surface area contributed by atoms with Crippen molar-refractivity contribution < 1.29 is 23.1 Å². The normalized spacial score (nSPS) is 12.7. The van der Waals surface area contributed by atoms with E-state index in [1.807, 2.05) is 0 Å². The van der Waals surface area contributed by atoms with Crippen molar-refractivity contribution in [2.75, 3.05) is 6.26 Å². The number of benzene rings is 1. The average molecular weight is 313 g/mol. The fourth-order valence-electron chi connectivity index (χ4n) is 1.80. The van der Waals surface area contributed by atoms with Crippen LogP contribution in [0.3, 0.4) is 0 Å². The molecule has 0 aliphatic rings. The van der Waals surface area contributed by atoms with E-state index < -0.39 is 15.8 Å². The summed E-state index contributed by atoms with van der Waals surface area (Å²) in [4.78, 5) is 22.2. The van der Waals surface area contributed by atoms with Crippen LogP contribution in [-0.2, 0) is 19.4 Å². The summed E-state index contributed by atoms with van der Waals surface area (Å²) in [5.41, 5.74) is 0.786. The van der Waals surface area contributed by atoms with Crippen LogP contribution in [-0.4, -0.2) is 31.7 Å². The third kappa shape index (κ3) is 5.95. The summed E-state index contributed by atoms with van der Waals surface area (Å²) in [5.74, 6) is -1.15. The summed E-state index contributed by atoms with van der Waals surface area (Å²) in [7, 11) is -3.23. The van der Waals surface area contributed by atoms with E-state index in [9.17, 15) is 18.0 Å². The zero-order valence-corrected chi connectivity index (χ0v) is 12.8. The topological polar surface area (TPSA) is 101 Å². The van der Waals surface area contributed by atoms with Gasteiger partial charge in [0.25, 0.3) is 0 Å². The van der Waals surface area contributed by atoms with Crippen molar-refractivity contribution in [3.63, 3.8) is 0 Å². The zero-order chi connectivity index (χ0) is 16.0. The Bertz CT molecular complexity index is 607. The van der Waals surface area contributed by atoms with Gasteiger partial charge >= 0.3 is 5.97 Å². The number of rotatable bonds is 7. The molecule has 0 fully saturated rings. The third-order valence-electron chi connectivity index (χ3n) is 2.98. The summed E-state index contributed by atoms with van der Waals surface area (Å²) in [6, 6.07) is 6.03. The van der Waals surface area contributed by atoms with Crippen LogP contribution in [0.1, 0.15) is 37.8 Å². The molecule has 1 atom stereocenters. The molecule has 21 heavy (non-hydrogen) atoms. The number of hydrogen-bond donors (Lipinski definition) is 2. The first kappa shape index (κ1) is 17.2. The van der Waals surface area contributed by atoms with Gasteiger partial charge in [-0.2, -0.15) is 0 Å². The molecule has 1 unspecified atom stereocenters. The largest absolute Gasteiger partial charge is 0.481 e. The van der Waals surface area contributed by atoms with Crippen molar-refractivity contribution in [3.8, 4) is 0 Å². The standard InChI is InChI=1S/C14H19NO5S/c1-10(15-13(16)4-3-5-14(17)18)11-6-8-12(9-7-11)21(2,19)20/h6-10H,3-5H2,1-2H3,(H,15,16)(H,17,18). The number of carbonyl (C=O) groups is 2. The van der Waals surface area contributed by atoms with Gasteiger partial charge in [0, 0.05) is 19.1 Å². The number of aliphatic carboxylic acids is 1. The molecule has 116 valence electrons. The fourth-order valence-corrected chi connectivity index (χ4v) is 2.43. The van der Waals surface area contributed by atoms with Crippen molar-refractivity contribution in [1.82, 2.24) is 5.32 Å². The van der Waals surface area contributed by atoms with Crippen LogP contribution in [0.25, 0.3) is 0 Å². The summed E-state index contributed by atoms with van der Waals surface area (Å²) in [6.07, 6.45) is 1.54. The molecule has 7 heteroatoms. The van der Waals surface area contributed by atoms with Crippen molar-refractivity contribution in [2.45, 2.75) is 37.1 Å². The van der Waals surface area contributed by atoms with Gasteiger partial charge in [-0.3, -0.25) is 9.59 Å². The number of hydrogen-bond acceptors (Lipinski definition) is 4. The summed E-state index contributed by atoms with van der Waals surface area (Å²) in [5, 5.41) is 11.2. The molecule has 0 aromatic heterocycles. The first-order chi connectivity index (χ1) is 9.70. The fraction of sp³-hybridized carbons (Fsp3) is 0.429. The molecule has 0 saturated heterocycles. The predicted octanol–water partition coefficient (Wildman–Crippen LogP) is 1.52. The second-order valence-corrected chi connectivity index (χ2v) is 6.89. The summed E-state index contributed by atoms with van der Waals surface area (Å²) < 4.78 is 22.7. The molecule has 0 spiro atoms. The molecule has 1 aromatic rings. The van der Waals surface area contributed by atoms with Crippen LogP contribution in [0.5, 0.6) is 0 Å². The monoisotopic (exact) mass is 313 g/mol. The molecule has 0 saturated carbocycles. The zero-order valence-electron chi connectivity index (χ0n) is 12.0. The van der Waals surface area contributed by atoms with E-state index in [-0.39, 0.29) is 29.7 Å². The van der Waals surface area contributed by atoms with E-state index in [4.69, 9.17) is 5.11 Å². The third-order valence-corrected chi connectivity index (χ3v) is 4.11. The van der Waals surface area contributed by atoms with E-state index in [1.165, 1.54) is 12.1 Å². The van der Waals surface area contributed by atoms with Gasteiger partial charge < -0.3 is 10.4 Å². The average Bonchev–Trinajstić information content (AvgIpc) is 2.37. The van der Waals surface area contributed by atoms with Crippen LogP contribution in [0.15, 0.2) is 29.2 Å². The minimum absolute atomic E-state index is 0.0368. The number of nitrogens with one attached hydrogen (secondary N) is 1. The molecule has 1 aromatic carbocycles. The van der Waals surface area contributed by atoms with Crippen molar-refractivity contribution >= 4 is 21.7 Å². The number of carboxylic acid groups (broad SMARTS) is 1. The minimum atomic E-state index is -3.23. The van der Waals surface area contributed by atoms with E-state index in [0.717, 1.165) is 11.8 Å². The van der Waals surface area contributed by atoms with E-state index >= 15 is 0 Å². The maximum Gasteiger partial charge on any atom is 0.303 e.